The van der Waals surface area contributed by atoms with Gasteiger partial charge in [0, 0.05) is 11.3 Å². The van der Waals surface area contributed by atoms with E-state index >= 15 is 0 Å². The van der Waals surface area contributed by atoms with Gasteiger partial charge in [-0.15, -0.1) is 0 Å². The van der Waals surface area contributed by atoms with E-state index in [0.717, 1.165) is 39.6 Å². The van der Waals surface area contributed by atoms with Gasteiger partial charge in [0.25, 0.3) is 0 Å². The van der Waals surface area contributed by atoms with Crippen molar-refractivity contribution < 1.29 is 19.4 Å². The van der Waals surface area contributed by atoms with Crippen LogP contribution in [0.1, 0.15) is 40.1 Å². The molecule has 5 aromatic rings. The molecule has 0 saturated heterocycles. The van der Waals surface area contributed by atoms with Gasteiger partial charge < -0.3 is 24.8 Å². The number of aryl methyl sites for hydroxylation is 1. The smallest absolute Gasteiger partial charge is 0.338 e. The summed E-state index contributed by atoms with van der Waals surface area (Å²) >= 11 is 0. The maximum Gasteiger partial charge on any atom is 0.338 e. The lowest BCUT2D eigenvalue weighted by Gasteiger charge is -2.40. The van der Waals surface area contributed by atoms with E-state index in [1.54, 1.807) is 25.1 Å². The largest absolute Gasteiger partial charge is 0.504 e. The number of aliphatic imine (C=N–C) groups is 2. The summed E-state index contributed by atoms with van der Waals surface area (Å²) in [5.41, 5.74) is 6.31. The van der Waals surface area contributed by atoms with Gasteiger partial charge in [-0.3, -0.25) is 0 Å². The highest BCUT2D eigenvalue weighted by Gasteiger charge is 2.41. The standard InChI is InChI=1S/C35H30N6O4/c1-4-45-35(43)22-14-17-24(18-15-22)36-32-34-38-33-30(21(2)39-41(33)25-10-6-5-7-11-25)31(23-16-19-28(42)29(20-23)44-3)40(34)27-13-9-8-12-26(27)37-32/h5-20,31,42H,4H2,1-3H3,(H,36,37)/t31-/m1/s1. The van der Waals surface area contributed by atoms with Gasteiger partial charge in [0.1, 0.15) is 0 Å². The molecule has 0 unspecified atom stereocenters. The Kier molecular flexibility index (Phi) is 7.01. The van der Waals surface area contributed by atoms with E-state index in [1.807, 2.05) is 90.5 Å². The molecule has 0 fully saturated rings. The summed E-state index contributed by atoms with van der Waals surface area (Å²) in [6.45, 7) is 4.07. The number of fused-ring (bicyclic) bond motifs is 4. The number of benzene rings is 4. The zero-order valence-corrected chi connectivity index (χ0v) is 24.9. The molecule has 10 nitrogen and oxygen atoms in total. The van der Waals surface area contributed by atoms with Crippen molar-refractivity contribution in [1.29, 1.82) is 0 Å². The fraction of sp³-hybridized carbons (Fsp3) is 0.143. The highest BCUT2D eigenvalue weighted by Crippen LogP contribution is 2.49. The van der Waals surface area contributed by atoms with E-state index < -0.39 is 0 Å². The lowest BCUT2D eigenvalue weighted by atomic mass is 9.93. The number of phenolic OH excluding ortho intramolecular Hbond substituents is 1. The van der Waals surface area contributed by atoms with Crippen molar-refractivity contribution in [3.8, 4) is 17.2 Å². The number of anilines is 2. The normalized spacial score (nSPS) is 14.8. The Morgan fingerprint density at radius 1 is 0.956 bits per heavy atom. The van der Waals surface area contributed by atoms with Crippen LogP contribution in [0.4, 0.5) is 22.9 Å². The molecule has 0 amide bonds. The third-order valence-corrected chi connectivity index (χ3v) is 7.82. The van der Waals surface area contributed by atoms with E-state index in [1.165, 1.54) is 7.11 Å². The van der Waals surface area contributed by atoms with Crippen molar-refractivity contribution in [1.82, 2.24) is 9.78 Å². The van der Waals surface area contributed by atoms with E-state index in [9.17, 15) is 9.90 Å². The fourth-order valence-corrected chi connectivity index (χ4v) is 5.77. The molecule has 224 valence electrons. The van der Waals surface area contributed by atoms with Crippen LogP contribution in [0.3, 0.4) is 0 Å². The Balaban J connectivity index is 1.43. The highest BCUT2D eigenvalue weighted by atomic mass is 16.5. The molecule has 2 N–H and O–H groups in total. The average molecular weight is 599 g/mol. The van der Waals surface area contributed by atoms with E-state index in [0.29, 0.717) is 35.4 Å². The molecule has 2 aliphatic rings. The lowest BCUT2D eigenvalue weighted by molar-refractivity contribution is 0.0526. The SMILES string of the molecule is CCOC(=O)c1ccc(NC2=Nc3ccccc3N3C2=Nc2c(c(C)nn2-c2ccccc2)[C@H]3c2ccc(O)c(OC)c2)cc1. The number of methoxy groups -OCH3 is 1. The number of carbonyl (C=O) groups is 1. The van der Waals surface area contributed by atoms with Gasteiger partial charge in [0.2, 0.25) is 0 Å². The van der Waals surface area contributed by atoms with E-state index in [2.05, 4.69) is 10.2 Å². The van der Waals surface area contributed by atoms with Gasteiger partial charge >= 0.3 is 5.97 Å². The maximum absolute atomic E-state index is 12.3. The van der Waals surface area contributed by atoms with Crippen LogP contribution in [0.5, 0.6) is 11.5 Å². The van der Waals surface area contributed by atoms with Crippen molar-refractivity contribution in [2.75, 3.05) is 23.9 Å². The summed E-state index contributed by atoms with van der Waals surface area (Å²) in [5, 5.41) is 18.9. The number of ether oxygens (including phenoxy) is 2. The Morgan fingerprint density at radius 3 is 2.47 bits per heavy atom. The minimum Gasteiger partial charge on any atom is -0.504 e. The second-order valence-corrected chi connectivity index (χ2v) is 10.6. The number of nitrogens with zero attached hydrogens (tertiary/aromatic N) is 5. The van der Waals surface area contributed by atoms with Crippen molar-refractivity contribution in [2.45, 2.75) is 19.9 Å². The predicted molar refractivity (Wildman–Crippen MR) is 174 cm³/mol. The van der Waals surface area contributed by atoms with Gasteiger partial charge in [-0.05, 0) is 80.1 Å². The van der Waals surface area contributed by atoms with Crippen molar-refractivity contribution in [3.05, 3.63) is 119 Å². The number of esters is 1. The van der Waals surface area contributed by atoms with Crippen LogP contribution >= 0.6 is 0 Å². The lowest BCUT2D eigenvalue weighted by Crippen LogP contribution is -2.46. The maximum atomic E-state index is 12.3. The number of phenols is 1. The van der Waals surface area contributed by atoms with E-state index in [4.69, 9.17) is 24.6 Å². The van der Waals surface area contributed by atoms with Gasteiger partial charge in [0.05, 0.1) is 48.1 Å². The molecule has 3 heterocycles. The van der Waals surface area contributed by atoms with Crippen LogP contribution in [0.2, 0.25) is 0 Å². The van der Waals surface area contributed by atoms with Gasteiger partial charge in [-0.2, -0.15) is 5.10 Å². The molecule has 1 atom stereocenters. The van der Waals surface area contributed by atoms with Crippen molar-refractivity contribution in [3.63, 3.8) is 0 Å². The molecule has 0 bridgehead atoms. The summed E-state index contributed by atoms with van der Waals surface area (Å²) in [4.78, 5) is 24.7. The summed E-state index contributed by atoms with van der Waals surface area (Å²) in [7, 11) is 1.54. The molecular weight excluding hydrogens is 568 g/mol. The summed E-state index contributed by atoms with van der Waals surface area (Å²) in [6.07, 6.45) is 0. The number of hydrogen-bond donors (Lipinski definition) is 2. The van der Waals surface area contributed by atoms with Crippen LogP contribution < -0.4 is 15.0 Å². The molecule has 1 aromatic heterocycles. The van der Waals surface area contributed by atoms with Gasteiger partial charge in [-0.25, -0.2) is 19.5 Å². The number of aromatic hydroxyl groups is 1. The van der Waals surface area contributed by atoms with Crippen LogP contribution in [0.15, 0.2) is 107 Å². The number of amidine groups is 2. The Hall–Kier alpha value is -5.90. The van der Waals surface area contributed by atoms with E-state index in [-0.39, 0.29) is 17.8 Å². The first-order chi connectivity index (χ1) is 22.0. The number of nitrogens with one attached hydrogen (secondary N) is 1. The number of rotatable bonds is 6. The molecular formula is C35H30N6O4. The van der Waals surface area contributed by atoms with Crippen LogP contribution in [-0.4, -0.2) is 46.2 Å². The number of hydrogen-bond acceptors (Lipinski definition) is 9. The number of para-hydroxylation sites is 3. The summed E-state index contributed by atoms with van der Waals surface area (Å²) in [5.74, 6) is 1.83. The first-order valence-corrected chi connectivity index (χ1v) is 14.6. The average Bonchev–Trinajstić information content (AvgIpc) is 3.40. The first-order valence-electron chi connectivity index (χ1n) is 14.6. The van der Waals surface area contributed by atoms with Crippen molar-refractivity contribution >= 4 is 40.5 Å². The Bertz CT molecular complexity index is 1980. The topological polar surface area (TPSA) is 114 Å². The molecule has 45 heavy (non-hydrogen) atoms. The van der Waals surface area contributed by atoms with Crippen LogP contribution in [-0.2, 0) is 4.74 Å². The Labute approximate surface area is 259 Å². The minimum atomic E-state index is -0.390. The fourth-order valence-electron chi connectivity index (χ4n) is 5.77. The molecule has 7 rings (SSSR count). The van der Waals surface area contributed by atoms with Crippen LogP contribution in [0.25, 0.3) is 5.69 Å². The summed E-state index contributed by atoms with van der Waals surface area (Å²) < 4.78 is 12.5. The third kappa shape index (κ3) is 4.86. The van der Waals surface area contributed by atoms with Crippen molar-refractivity contribution in [2.24, 2.45) is 9.98 Å². The second-order valence-electron chi connectivity index (χ2n) is 10.6. The first kappa shape index (κ1) is 27.9. The number of carbonyl (C=O) groups excluding carboxylic acids is 1. The highest BCUT2D eigenvalue weighted by molar-refractivity contribution is 6.51. The minimum absolute atomic E-state index is 0.0529. The molecule has 10 heteroatoms. The van der Waals surface area contributed by atoms with Crippen LogP contribution in [0, 0.1) is 6.92 Å². The Morgan fingerprint density at radius 2 is 1.71 bits per heavy atom. The summed E-state index contributed by atoms with van der Waals surface area (Å²) in [6, 6.07) is 29.8. The molecule has 0 saturated carbocycles. The monoisotopic (exact) mass is 598 g/mol. The molecule has 4 aromatic carbocycles. The molecule has 0 aliphatic carbocycles. The third-order valence-electron chi connectivity index (χ3n) is 7.82. The molecule has 0 spiro atoms. The molecule has 0 radical (unpaired) electrons. The van der Waals surface area contributed by atoms with Gasteiger partial charge in [-0.1, -0.05) is 36.4 Å². The second kappa shape index (κ2) is 11.3. The van der Waals surface area contributed by atoms with Gasteiger partial charge in [0.15, 0.2) is 29.0 Å². The predicted octanol–water partition coefficient (Wildman–Crippen LogP) is 6.87. The zero-order valence-electron chi connectivity index (χ0n) is 24.9. The number of aromatic nitrogens is 2. The zero-order chi connectivity index (χ0) is 31.1. The quantitative estimate of drug-likeness (QED) is 0.205. The molecule has 2 aliphatic heterocycles.